The highest BCUT2D eigenvalue weighted by Crippen LogP contribution is 2.28. The lowest BCUT2D eigenvalue weighted by atomic mass is 10.1. The molecule has 0 bridgehead atoms. The third-order valence-corrected chi connectivity index (χ3v) is 5.26. The van der Waals surface area contributed by atoms with Crippen LogP contribution in [0.15, 0.2) is 70.4 Å². The van der Waals surface area contributed by atoms with Crippen LogP contribution in [0.4, 0.5) is 0 Å². The zero-order valence-electron chi connectivity index (χ0n) is 14.4. The minimum absolute atomic E-state index is 0.225. The molecule has 6 heteroatoms. The van der Waals surface area contributed by atoms with Crippen LogP contribution in [0.2, 0.25) is 0 Å². The predicted molar refractivity (Wildman–Crippen MR) is 108 cm³/mol. The third-order valence-electron chi connectivity index (χ3n) is 3.77. The highest BCUT2D eigenvalue weighted by molar-refractivity contribution is 9.10. The number of imidazole rings is 1. The Bertz CT molecular complexity index is 863. The van der Waals surface area contributed by atoms with Gasteiger partial charge in [0.1, 0.15) is 0 Å². The van der Waals surface area contributed by atoms with Gasteiger partial charge < -0.3 is 9.30 Å². The van der Waals surface area contributed by atoms with Crippen LogP contribution < -0.4 is 0 Å². The lowest BCUT2D eigenvalue weighted by molar-refractivity contribution is -0.139. The van der Waals surface area contributed by atoms with E-state index < -0.39 is 0 Å². The van der Waals surface area contributed by atoms with E-state index in [2.05, 4.69) is 49.7 Å². The molecule has 0 radical (unpaired) electrons. The smallest absolute Gasteiger partial charge is 0.316 e. The molecule has 1 heterocycles. The van der Waals surface area contributed by atoms with E-state index in [1.165, 1.54) is 17.3 Å². The summed E-state index contributed by atoms with van der Waals surface area (Å²) in [5.74, 6) is 0.0244. The molecule has 134 valence electrons. The minimum Gasteiger partial charge on any atom is -0.465 e. The quantitative estimate of drug-likeness (QED) is 0.390. The summed E-state index contributed by atoms with van der Waals surface area (Å²) in [5.41, 5.74) is 3.29. The summed E-state index contributed by atoms with van der Waals surface area (Å²) < 4.78 is 8.20. The Morgan fingerprint density at radius 2 is 1.88 bits per heavy atom. The molecule has 2 aromatic carbocycles. The number of benzene rings is 2. The van der Waals surface area contributed by atoms with Crippen LogP contribution in [0.25, 0.3) is 11.3 Å². The first-order valence-electron chi connectivity index (χ1n) is 8.31. The summed E-state index contributed by atoms with van der Waals surface area (Å²) in [5, 5.41) is 0.805. The Labute approximate surface area is 165 Å². The molecule has 3 aromatic rings. The summed E-state index contributed by atoms with van der Waals surface area (Å²) in [7, 11) is 0. The maximum absolute atomic E-state index is 11.7. The molecule has 0 aliphatic carbocycles. The van der Waals surface area contributed by atoms with Gasteiger partial charge in [0.15, 0.2) is 5.16 Å². The summed E-state index contributed by atoms with van der Waals surface area (Å²) in [4.78, 5) is 16.3. The second-order valence-electron chi connectivity index (χ2n) is 5.60. The highest BCUT2D eigenvalue weighted by Gasteiger charge is 2.14. The summed E-state index contributed by atoms with van der Waals surface area (Å²) >= 11 is 4.87. The number of carbonyl (C=O) groups excluding carboxylic acids is 1. The zero-order chi connectivity index (χ0) is 18.4. The second kappa shape index (κ2) is 9.05. The van der Waals surface area contributed by atoms with Crippen LogP contribution in [-0.4, -0.2) is 27.9 Å². The lowest BCUT2D eigenvalue weighted by Gasteiger charge is -2.12. The van der Waals surface area contributed by atoms with E-state index in [1.807, 2.05) is 43.5 Å². The molecule has 0 spiro atoms. The molecule has 0 unspecified atom stereocenters. The molecule has 0 saturated heterocycles. The number of hydrogen-bond donors (Lipinski definition) is 0. The molecule has 0 atom stereocenters. The lowest BCUT2D eigenvalue weighted by Crippen LogP contribution is -2.09. The van der Waals surface area contributed by atoms with Gasteiger partial charge in [-0.3, -0.25) is 4.79 Å². The zero-order valence-corrected chi connectivity index (χ0v) is 16.8. The fourth-order valence-corrected chi connectivity index (χ4v) is 3.61. The molecule has 0 fully saturated rings. The molecule has 0 N–H and O–H groups in total. The van der Waals surface area contributed by atoms with E-state index >= 15 is 0 Å². The van der Waals surface area contributed by atoms with Crippen molar-refractivity contribution in [3.05, 3.63) is 70.8 Å². The molecule has 26 heavy (non-hydrogen) atoms. The maximum atomic E-state index is 11.7. The van der Waals surface area contributed by atoms with Crippen LogP contribution in [0, 0.1) is 0 Å². The van der Waals surface area contributed by atoms with E-state index in [0.717, 1.165) is 20.9 Å². The van der Waals surface area contributed by atoms with Gasteiger partial charge in [-0.2, -0.15) is 0 Å². The van der Waals surface area contributed by atoms with E-state index in [0.29, 0.717) is 13.2 Å². The van der Waals surface area contributed by atoms with Gasteiger partial charge in [-0.15, -0.1) is 0 Å². The van der Waals surface area contributed by atoms with Gasteiger partial charge >= 0.3 is 5.97 Å². The van der Waals surface area contributed by atoms with Crippen molar-refractivity contribution in [3.8, 4) is 11.3 Å². The first-order chi connectivity index (χ1) is 12.7. The monoisotopic (exact) mass is 430 g/mol. The topological polar surface area (TPSA) is 44.1 Å². The summed E-state index contributed by atoms with van der Waals surface area (Å²) in [6, 6.07) is 18.4. The third kappa shape index (κ3) is 4.77. The average molecular weight is 431 g/mol. The Balaban J connectivity index is 1.91. The van der Waals surface area contributed by atoms with E-state index in [9.17, 15) is 4.79 Å². The number of thioether (sulfide) groups is 1. The number of aromatic nitrogens is 2. The first kappa shape index (κ1) is 18.7. The number of carbonyl (C=O) groups is 1. The van der Waals surface area contributed by atoms with E-state index in [1.54, 1.807) is 0 Å². The SMILES string of the molecule is CCOC(=O)CSc1ncc(-c2ccc(Br)cc2)n1Cc1ccccc1. The van der Waals surface area contributed by atoms with Gasteiger partial charge in [0, 0.05) is 4.47 Å². The predicted octanol–water partition coefficient (Wildman–Crippen LogP) is 5.02. The second-order valence-corrected chi connectivity index (χ2v) is 7.46. The van der Waals surface area contributed by atoms with Crippen molar-refractivity contribution in [2.24, 2.45) is 0 Å². The molecule has 0 amide bonds. The molecular formula is C20H19BrN2O2S. The van der Waals surface area contributed by atoms with E-state index in [4.69, 9.17) is 4.74 Å². The minimum atomic E-state index is -0.225. The standard InChI is InChI=1S/C20H19BrN2O2S/c1-2-25-19(24)14-26-20-22-12-18(16-8-10-17(21)11-9-16)23(20)13-15-6-4-3-5-7-15/h3-12H,2,13-14H2,1H3. The van der Waals surface area contributed by atoms with Crippen LogP contribution in [-0.2, 0) is 16.1 Å². The van der Waals surface area contributed by atoms with Gasteiger partial charge in [-0.1, -0.05) is 70.2 Å². The number of ether oxygens (including phenoxy) is 1. The molecule has 0 aliphatic rings. The molecule has 0 aliphatic heterocycles. The largest absolute Gasteiger partial charge is 0.465 e. The van der Waals surface area contributed by atoms with Crippen LogP contribution in [0.1, 0.15) is 12.5 Å². The van der Waals surface area contributed by atoms with Crippen molar-refractivity contribution in [1.82, 2.24) is 9.55 Å². The number of rotatable bonds is 7. The van der Waals surface area contributed by atoms with Crippen molar-refractivity contribution < 1.29 is 9.53 Å². The Hall–Kier alpha value is -2.05. The molecule has 3 rings (SSSR count). The number of hydrogen-bond acceptors (Lipinski definition) is 4. The number of esters is 1. The average Bonchev–Trinajstić information content (AvgIpc) is 3.04. The molecule has 1 aromatic heterocycles. The fraction of sp³-hybridized carbons (Fsp3) is 0.200. The normalized spacial score (nSPS) is 10.7. The number of halogens is 1. The number of nitrogens with zero attached hydrogens (tertiary/aromatic N) is 2. The molecule has 4 nitrogen and oxygen atoms in total. The van der Waals surface area contributed by atoms with Crippen molar-refractivity contribution in [1.29, 1.82) is 0 Å². The molecular weight excluding hydrogens is 412 g/mol. The fourth-order valence-electron chi connectivity index (χ4n) is 2.57. The summed E-state index contributed by atoms with van der Waals surface area (Å²) in [6.07, 6.45) is 1.86. The Morgan fingerprint density at radius 3 is 2.58 bits per heavy atom. The van der Waals surface area contributed by atoms with Crippen molar-refractivity contribution >= 4 is 33.7 Å². The highest BCUT2D eigenvalue weighted by atomic mass is 79.9. The first-order valence-corrected chi connectivity index (χ1v) is 10.1. The molecule has 0 saturated carbocycles. The summed E-state index contributed by atoms with van der Waals surface area (Å²) in [6.45, 7) is 2.89. The van der Waals surface area contributed by atoms with Gasteiger partial charge in [0.05, 0.1) is 30.8 Å². The maximum Gasteiger partial charge on any atom is 0.316 e. The van der Waals surface area contributed by atoms with Gasteiger partial charge in [-0.05, 0) is 30.2 Å². The van der Waals surface area contributed by atoms with Crippen LogP contribution in [0.3, 0.4) is 0 Å². The van der Waals surface area contributed by atoms with Gasteiger partial charge in [-0.25, -0.2) is 4.98 Å². The van der Waals surface area contributed by atoms with Crippen molar-refractivity contribution in [2.45, 2.75) is 18.6 Å². The Morgan fingerprint density at radius 1 is 1.15 bits per heavy atom. The Kier molecular flexibility index (Phi) is 6.52. The van der Waals surface area contributed by atoms with Crippen LogP contribution >= 0.6 is 27.7 Å². The van der Waals surface area contributed by atoms with E-state index in [-0.39, 0.29) is 11.7 Å². The van der Waals surface area contributed by atoms with Gasteiger partial charge in [0.2, 0.25) is 0 Å². The van der Waals surface area contributed by atoms with Crippen molar-refractivity contribution in [2.75, 3.05) is 12.4 Å². The van der Waals surface area contributed by atoms with Gasteiger partial charge in [0.25, 0.3) is 0 Å². The van der Waals surface area contributed by atoms with Crippen LogP contribution in [0.5, 0.6) is 0 Å². The van der Waals surface area contributed by atoms with Crippen molar-refractivity contribution in [3.63, 3.8) is 0 Å².